The second kappa shape index (κ2) is 5.52. The summed E-state index contributed by atoms with van der Waals surface area (Å²) in [7, 11) is -4.06. The number of sulfonamides is 1. The molecule has 4 nitrogen and oxygen atoms in total. The van der Waals surface area contributed by atoms with Gasteiger partial charge in [-0.1, -0.05) is 6.92 Å². The summed E-state index contributed by atoms with van der Waals surface area (Å²) in [5, 5.41) is 0. The smallest absolute Gasteiger partial charge is 0.246 e. The van der Waals surface area contributed by atoms with Crippen molar-refractivity contribution in [3.8, 4) is 0 Å². The highest BCUT2D eigenvalue weighted by Crippen LogP contribution is 2.26. The van der Waals surface area contributed by atoms with E-state index in [1.165, 1.54) is 0 Å². The Hall–Kier alpha value is -1.05. The summed E-state index contributed by atoms with van der Waals surface area (Å²) in [4.78, 5) is -0.544. The van der Waals surface area contributed by atoms with Crippen LogP contribution in [-0.2, 0) is 10.0 Å². The van der Waals surface area contributed by atoms with E-state index in [1.54, 1.807) is 20.8 Å². The van der Waals surface area contributed by atoms with Crippen molar-refractivity contribution in [2.24, 2.45) is 5.73 Å². The Morgan fingerprint density at radius 1 is 1.32 bits per heavy atom. The fourth-order valence-electron chi connectivity index (χ4n) is 1.83. The summed E-state index contributed by atoms with van der Waals surface area (Å²) in [5.74, 6) is -1.93. The molecule has 0 radical (unpaired) electrons. The summed E-state index contributed by atoms with van der Waals surface area (Å²) >= 11 is 0. The topological polar surface area (TPSA) is 63.4 Å². The van der Waals surface area contributed by atoms with Gasteiger partial charge in [0.1, 0.15) is 16.5 Å². The van der Waals surface area contributed by atoms with Gasteiger partial charge in [-0.25, -0.2) is 17.2 Å². The molecular formula is C12H18F2N2O2S. The van der Waals surface area contributed by atoms with Crippen molar-refractivity contribution < 1.29 is 17.2 Å². The molecule has 1 rings (SSSR count). The van der Waals surface area contributed by atoms with Crippen molar-refractivity contribution in [2.75, 3.05) is 13.1 Å². The van der Waals surface area contributed by atoms with E-state index < -0.39 is 32.1 Å². The van der Waals surface area contributed by atoms with Crippen LogP contribution in [0.1, 0.15) is 20.8 Å². The number of rotatable bonds is 5. The van der Waals surface area contributed by atoms with Gasteiger partial charge >= 0.3 is 0 Å². The average Bonchev–Trinajstić information content (AvgIpc) is 2.28. The van der Waals surface area contributed by atoms with Gasteiger partial charge in [0.25, 0.3) is 0 Å². The number of hydrogen-bond donors (Lipinski definition) is 1. The first-order valence-corrected chi connectivity index (χ1v) is 7.28. The van der Waals surface area contributed by atoms with Gasteiger partial charge < -0.3 is 5.73 Å². The average molecular weight is 292 g/mol. The molecule has 0 aliphatic carbocycles. The molecular weight excluding hydrogens is 274 g/mol. The van der Waals surface area contributed by atoms with Gasteiger partial charge in [0, 0.05) is 24.7 Å². The molecule has 0 aromatic heterocycles. The highest BCUT2D eigenvalue weighted by atomic mass is 32.2. The van der Waals surface area contributed by atoms with Gasteiger partial charge in [-0.2, -0.15) is 4.31 Å². The first kappa shape index (κ1) is 16.0. The second-order valence-corrected chi connectivity index (χ2v) is 6.59. The van der Waals surface area contributed by atoms with Crippen LogP contribution in [0.5, 0.6) is 0 Å². The zero-order valence-electron chi connectivity index (χ0n) is 11.2. The van der Waals surface area contributed by atoms with Crippen molar-refractivity contribution in [2.45, 2.75) is 31.2 Å². The van der Waals surface area contributed by atoms with E-state index in [2.05, 4.69) is 0 Å². The molecule has 0 atom stereocenters. The second-order valence-electron chi connectivity index (χ2n) is 4.76. The quantitative estimate of drug-likeness (QED) is 0.898. The molecule has 108 valence electrons. The summed E-state index contributed by atoms with van der Waals surface area (Å²) in [5.41, 5.74) is 4.71. The Bertz CT molecular complexity index is 559. The highest BCUT2D eigenvalue weighted by molar-refractivity contribution is 7.89. The van der Waals surface area contributed by atoms with E-state index in [4.69, 9.17) is 5.73 Å². The van der Waals surface area contributed by atoms with Crippen LogP contribution in [0.15, 0.2) is 23.1 Å². The lowest BCUT2D eigenvalue weighted by Gasteiger charge is -2.35. The predicted molar refractivity (Wildman–Crippen MR) is 69.1 cm³/mol. The molecule has 0 heterocycles. The molecule has 19 heavy (non-hydrogen) atoms. The third-order valence-corrected chi connectivity index (χ3v) is 5.14. The van der Waals surface area contributed by atoms with Gasteiger partial charge in [0.15, 0.2) is 0 Å². The van der Waals surface area contributed by atoms with Crippen molar-refractivity contribution in [1.82, 2.24) is 4.31 Å². The van der Waals surface area contributed by atoms with Crippen molar-refractivity contribution in [1.29, 1.82) is 0 Å². The summed E-state index contributed by atoms with van der Waals surface area (Å²) in [6.07, 6.45) is 0. The largest absolute Gasteiger partial charge is 0.329 e. The molecule has 0 bridgehead atoms. The first-order chi connectivity index (χ1) is 8.66. The number of halogens is 2. The molecule has 0 saturated carbocycles. The number of likely N-dealkylation sites (N-methyl/N-ethyl adjacent to an activating group) is 1. The maximum absolute atomic E-state index is 13.7. The molecule has 0 spiro atoms. The fraction of sp³-hybridized carbons (Fsp3) is 0.500. The number of benzene rings is 1. The van der Waals surface area contributed by atoms with E-state index in [0.29, 0.717) is 6.07 Å². The summed E-state index contributed by atoms with van der Waals surface area (Å²) in [6, 6.07) is 2.39. The number of nitrogens with two attached hydrogens (primary N) is 1. The van der Waals surface area contributed by atoms with Crippen LogP contribution in [-0.4, -0.2) is 31.4 Å². The Morgan fingerprint density at radius 2 is 1.89 bits per heavy atom. The monoisotopic (exact) mass is 292 g/mol. The first-order valence-electron chi connectivity index (χ1n) is 5.84. The molecule has 2 N–H and O–H groups in total. The van der Waals surface area contributed by atoms with Crippen LogP contribution in [0.25, 0.3) is 0 Å². The van der Waals surface area contributed by atoms with Gasteiger partial charge in [-0.3, -0.25) is 0 Å². The van der Waals surface area contributed by atoms with Crippen molar-refractivity contribution >= 4 is 10.0 Å². The van der Waals surface area contributed by atoms with Crippen LogP contribution in [0.4, 0.5) is 8.78 Å². The van der Waals surface area contributed by atoms with Crippen LogP contribution in [0.3, 0.4) is 0 Å². The molecule has 0 aliphatic heterocycles. The highest BCUT2D eigenvalue weighted by Gasteiger charge is 2.36. The maximum atomic E-state index is 13.7. The third kappa shape index (κ3) is 3.10. The van der Waals surface area contributed by atoms with Crippen LogP contribution < -0.4 is 5.73 Å². The van der Waals surface area contributed by atoms with Gasteiger partial charge in [0.05, 0.1) is 0 Å². The van der Waals surface area contributed by atoms with Gasteiger partial charge in [0.2, 0.25) is 10.0 Å². The molecule has 0 saturated heterocycles. The maximum Gasteiger partial charge on any atom is 0.246 e. The van der Waals surface area contributed by atoms with E-state index in [0.717, 1.165) is 16.4 Å². The normalized spacial score (nSPS) is 13.0. The molecule has 0 amide bonds. The Balaban J connectivity index is 3.37. The molecule has 0 aliphatic rings. The predicted octanol–water partition coefficient (Wildman–Crippen LogP) is 1.71. The fourth-order valence-corrected chi connectivity index (χ4v) is 3.68. The van der Waals surface area contributed by atoms with Crippen LogP contribution in [0, 0.1) is 11.6 Å². The Kier molecular flexibility index (Phi) is 4.65. The van der Waals surface area contributed by atoms with Crippen LogP contribution >= 0.6 is 0 Å². The molecule has 1 aromatic rings. The lowest BCUT2D eigenvalue weighted by molar-refractivity contribution is 0.243. The van der Waals surface area contributed by atoms with E-state index in [9.17, 15) is 17.2 Å². The van der Waals surface area contributed by atoms with Crippen LogP contribution in [0.2, 0.25) is 0 Å². The van der Waals surface area contributed by atoms with Crippen molar-refractivity contribution in [3.05, 3.63) is 29.8 Å². The van der Waals surface area contributed by atoms with E-state index in [1.807, 2.05) is 0 Å². The van der Waals surface area contributed by atoms with E-state index >= 15 is 0 Å². The minimum absolute atomic E-state index is 0.0862. The number of hydrogen-bond acceptors (Lipinski definition) is 3. The van der Waals surface area contributed by atoms with Crippen molar-refractivity contribution in [3.63, 3.8) is 0 Å². The minimum atomic E-state index is -4.06. The van der Waals surface area contributed by atoms with Gasteiger partial charge in [-0.05, 0) is 26.0 Å². The van der Waals surface area contributed by atoms with E-state index in [-0.39, 0.29) is 13.1 Å². The summed E-state index contributed by atoms with van der Waals surface area (Å²) in [6.45, 7) is 5.16. The molecule has 0 fully saturated rings. The molecule has 1 aromatic carbocycles. The lowest BCUT2D eigenvalue weighted by Crippen LogP contribution is -2.52. The van der Waals surface area contributed by atoms with Gasteiger partial charge in [-0.15, -0.1) is 0 Å². The Morgan fingerprint density at radius 3 is 2.32 bits per heavy atom. The molecule has 7 heteroatoms. The third-order valence-electron chi connectivity index (χ3n) is 2.92. The summed E-state index contributed by atoms with van der Waals surface area (Å²) < 4.78 is 52.4. The lowest BCUT2D eigenvalue weighted by atomic mass is 10.1. The SMILES string of the molecule is CCN(C(C)(C)CN)S(=O)(=O)c1ccc(F)cc1F. The number of nitrogens with zero attached hydrogens (tertiary/aromatic N) is 1. The Labute approximate surface area is 112 Å². The minimum Gasteiger partial charge on any atom is -0.329 e. The standard InChI is InChI=1S/C12H18F2N2O2S/c1-4-16(12(2,3)8-15)19(17,18)11-6-5-9(13)7-10(11)14/h5-7H,4,8,15H2,1-3H3. The molecule has 0 unspecified atom stereocenters. The zero-order chi connectivity index (χ0) is 14.8. The zero-order valence-corrected chi connectivity index (χ0v) is 12.0.